The Bertz CT molecular complexity index is 749. The highest BCUT2D eigenvalue weighted by Crippen LogP contribution is 2.33. The van der Waals surface area contributed by atoms with E-state index in [0.717, 1.165) is 37.3 Å². The van der Waals surface area contributed by atoms with Crippen molar-refractivity contribution in [1.29, 1.82) is 0 Å². The van der Waals surface area contributed by atoms with Gasteiger partial charge < -0.3 is 9.67 Å². The molecule has 1 aliphatic rings. The number of piperidine rings is 1. The van der Waals surface area contributed by atoms with Gasteiger partial charge in [0.1, 0.15) is 5.75 Å². The number of pyridine rings is 2. The smallest absolute Gasteiger partial charge is 0.259 e. The van der Waals surface area contributed by atoms with E-state index in [2.05, 4.69) is 9.88 Å². The van der Waals surface area contributed by atoms with E-state index in [1.54, 1.807) is 16.8 Å². The van der Waals surface area contributed by atoms with Crippen LogP contribution in [0.1, 0.15) is 49.2 Å². The van der Waals surface area contributed by atoms with Crippen LogP contribution in [0, 0.1) is 6.92 Å². The van der Waals surface area contributed by atoms with Gasteiger partial charge in [0.25, 0.3) is 5.56 Å². The van der Waals surface area contributed by atoms with Gasteiger partial charge in [-0.1, -0.05) is 12.5 Å². The molecule has 0 spiro atoms. The van der Waals surface area contributed by atoms with E-state index in [4.69, 9.17) is 0 Å². The van der Waals surface area contributed by atoms with E-state index in [1.165, 1.54) is 6.42 Å². The van der Waals surface area contributed by atoms with Crippen molar-refractivity contribution in [1.82, 2.24) is 14.5 Å². The number of aromatic hydroxyl groups is 1. The van der Waals surface area contributed by atoms with Gasteiger partial charge in [-0.15, -0.1) is 0 Å². The fraction of sp³-hybridized carbons (Fsp3) is 0.474. The Morgan fingerprint density at radius 1 is 1.25 bits per heavy atom. The summed E-state index contributed by atoms with van der Waals surface area (Å²) in [6, 6.07) is 7.14. The number of aryl methyl sites for hydroxylation is 1. The molecule has 0 amide bonds. The maximum absolute atomic E-state index is 13.0. The van der Waals surface area contributed by atoms with Crippen molar-refractivity contribution in [3.05, 3.63) is 57.8 Å². The van der Waals surface area contributed by atoms with Crippen molar-refractivity contribution < 1.29 is 5.11 Å². The Kier molecular flexibility index (Phi) is 5.00. The molecule has 1 fully saturated rings. The lowest BCUT2D eigenvalue weighted by molar-refractivity contribution is 0.180. The summed E-state index contributed by atoms with van der Waals surface area (Å²) in [5.74, 6) is 0.0726. The van der Waals surface area contributed by atoms with Crippen LogP contribution >= 0.6 is 0 Å². The second kappa shape index (κ2) is 7.18. The average Bonchev–Trinajstić information content (AvgIpc) is 2.60. The first kappa shape index (κ1) is 16.7. The second-order valence-corrected chi connectivity index (χ2v) is 6.39. The molecule has 1 aliphatic heterocycles. The highest BCUT2D eigenvalue weighted by molar-refractivity contribution is 5.39. The summed E-state index contributed by atoms with van der Waals surface area (Å²) in [5, 5.41) is 10.6. The molecule has 3 rings (SSSR count). The maximum Gasteiger partial charge on any atom is 0.259 e. The molecule has 2 aromatic heterocycles. The van der Waals surface area contributed by atoms with Crippen LogP contribution in [0.4, 0.5) is 0 Å². The summed E-state index contributed by atoms with van der Waals surface area (Å²) in [5.41, 5.74) is 1.93. The minimum Gasteiger partial charge on any atom is -0.507 e. The standard InChI is InChI=1S/C19H25N3O2/c1-3-22-14(2)13-16(23)17(19(22)24)18(15-9-5-6-10-20-15)21-11-7-4-8-12-21/h5-6,9-10,13,18,23H,3-4,7-8,11-12H2,1-2H3/t18-/m0/s1. The second-order valence-electron chi connectivity index (χ2n) is 6.39. The number of aromatic nitrogens is 2. The normalized spacial score (nSPS) is 16.9. The van der Waals surface area contributed by atoms with Crippen LogP contribution in [0.2, 0.25) is 0 Å². The van der Waals surface area contributed by atoms with Crippen molar-refractivity contribution in [3.8, 4) is 5.75 Å². The summed E-state index contributed by atoms with van der Waals surface area (Å²) < 4.78 is 1.72. The lowest BCUT2D eigenvalue weighted by Gasteiger charge is -2.34. The molecule has 0 aromatic carbocycles. The Morgan fingerprint density at radius 2 is 2.00 bits per heavy atom. The largest absolute Gasteiger partial charge is 0.507 e. The van der Waals surface area contributed by atoms with Crippen molar-refractivity contribution >= 4 is 0 Å². The highest BCUT2D eigenvalue weighted by atomic mass is 16.3. The zero-order chi connectivity index (χ0) is 17.1. The van der Waals surface area contributed by atoms with Crippen molar-refractivity contribution in [2.75, 3.05) is 13.1 Å². The molecule has 0 saturated carbocycles. The van der Waals surface area contributed by atoms with Gasteiger partial charge >= 0.3 is 0 Å². The highest BCUT2D eigenvalue weighted by Gasteiger charge is 2.30. The lowest BCUT2D eigenvalue weighted by Crippen LogP contribution is -2.39. The van der Waals surface area contributed by atoms with E-state index >= 15 is 0 Å². The molecule has 24 heavy (non-hydrogen) atoms. The van der Waals surface area contributed by atoms with Gasteiger partial charge in [0.2, 0.25) is 0 Å². The summed E-state index contributed by atoms with van der Waals surface area (Å²) in [6.07, 6.45) is 5.18. The topological polar surface area (TPSA) is 58.4 Å². The van der Waals surface area contributed by atoms with Crippen LogP contribution in [0.5, 0.6) is 5.75 Å². The molecule has 1 saturated heterocycles. The van der Waals surface area contributed by atoms with Crippen LogP contribution in [0.25, 0.3) is 0 Å². The van der Waals surface area contributed by atoms with Gasteiger partial charge in [-0.25, -0.2) is 0 Å². The Hall–Kier alpha value is -2.14. The Labute approximate surface area is 142 Å². The van der Waals surface area contributed by atoms with E-state index in [-0.39, 0.29) is 17.4 Å². The van der Waals surface area contributed by atoms with E-state index in [9.17, 15) is 9.90 Å². The lowest BCUT2D eigenvalue weighted by atomic mass is 9.98. The quantitative estimate of drug-likeness (QED) is 0.938. The number of hydrogen-bond donors (Lipinski definition) is 1. The summed E-state index contributed by atoms with van der Waals surface area (Å²) in [6.45, 7) is 6.23. The predicted octanol–water partition coefficient (Wildman–Crippen LogP) is 2.85. The van der Waals surface area contributed by atoms with Gasteiger partial charge in [0, 0.05) is 18.4 Å². The van der Waals surface area contributed by atoms with Gasteiger partial charge in [-0.3, -0.25) is 14.7 Å². The third kappa shape index (κ3) is 3.08. The number of hydrogen-bond acceptors (Lipinski definition) is 4. The first-order valence-electron chi connectivity index (χ1n) is 8.71. The van der Waals surface area contributed by atoms with E-state index in [1.807, 2.05) is 32.0 Å². The van der Waals surface area contributed by atoms with Gasteiger partial charge in [-0.2, -0.15) is 0 Å². The zero-order valence-electron chi connectivity index (χ0n) is 14.4. The van der Waals surface area contributed by atoms with Crippen LogP contribution in [0.15, 0.2) is 35.3 Å². The molecule has 0 bridgehead atoms. The van der Waals surface area contributed by atoms with Gasteiger partial charge in [0.15, 0.2) is 0 Å². The van der Waals surface area contributed by atoms with Crippen molar-refractivity contribution in [3.63, 3.8) is 0 Å². The molecule has 0 aliphatic carbocycles. The van der Waals surface area contributed by atoms with Crippen molar-refractivity contribution in [2.45, 2.75) is 45.7 Å². The first-order chi connectivity index (χ1) is 11.6. The van der Waals surface area contributed by atoms with Crippen molar-refractivity contribution in [2.24, 2.45) is 0 Å². The number of nitrogens with zero attached hydrogens (tertiary/aromatic N) is 3. The van der Waals surface area contributed by atoms with Crippen LogP contribution in [0.3, 0.4) is 0 Å². The van der Waals surface area contributed by atoms with Gasteiger partial charge in [-0.05, 0) is 58.0 Å². The fourth-order valence-electron chi connectivity index (χ4n) is 3.65. The van der Waals surface area contributed by atoms with Gasteiger partial charge in [0.05, 0.1) is 17.3 Å². The molecule has 3 heterocycles. The molecule has 5 heteroatoms. The predicted molar refractivity (Wildman–Crippen MR) is 94.3 cm³/mol. The van der Waals surface area contributed by atoms with Crippen LogP contribution < -0.4 is 5.56 Å². The minimum atomic E-state index is -0.294. The number of likely N-dealkylation sites (tertiary alicyclic amines) is 1. The molecular weight excluding hydrogens is 302 g/mol. The Morgan fingerprint density at radius 3 is 2.62 bits per heavy atom. The molecule has 1 atom stereocenters. The van der Waals surface area contributed by atoms with Crippen LogP contribution in [-0.2, 0) is 6.54 Å². The Balaban J connectivity index is 2.18. The summed E-state index contributed by atoms with van der Waals surface area (Å²) in [7, 11) is 0. The monoisotopic (exact) mass is 327 g/mol. The third-order valence-electron chi connectivity index (χ3n) is 4.84. The molecule has 0 radical (unpaired) electrons. The van der Waals surface area contributed by atoms with E-state index in [0.29, 0.717) is 12.1 Å². The molecule has 128 valence electrons. The SMILES string of the molecule is CCn1c(C)cc(O)c([C@H](c2ccccn2)N2CCCCC2)c1=O. The summed E-state index contributed by atoms with van der Waals surface area (Å²) in [4.78, 5) is 19.8. The molecule has 0 unspecified atom stereocenters. The average molecular weight is 327 g/mol. The maximum atomic E-state index is 13.0. The molecule has 1 N–H and O–H groups in total. The number of rotatable bonds is 4. The molecule has 2 aromatic rings. The van der Waals surface area contributed by atoms with Crippen LogP contribution in [-0.4, -0.2) is 32.6 Å². The fourth-order valence-corrected chi connectivity index (χ4v) is 3.65. The van der Waals surface area contributed by atoms with E-state index < -0.39 is 0 Å². The zero-order valence-corrected chi connectivity index (χ0v) is 14.4. The molecular formula is C19H25N3O2. The minimum absolute atomic E-state index is 0.0726. The molecule has 5 nitrogen and oxygen atoms in total. The third-order valence-corrected chi connectivity index (χ3v) is 4.84. The summed E-state index contributed by atoms with van der Waals surface area (Å²) >= 11 is 0. The first-order valence-corrected chi connectivity index (χ1v) is 8.71.